The van der Waals surface area contributed by atoms with Gasteiger partial charge in [-0.25, -0.2) is 0 Å². The van der Waals surface area contributed by atoms with Gasteiger partial charge in [-0.2, -0.15) is 0 Å². The van der Waals surface area contributed by atoms with Gasteiger partial charge in [0.2, 0.25) is 5.91 Å². The molecule has 0 bridgehead atoms. The molecule has 57 heavy (non-hydrogen) atoms. The standard InChI is InChI=1S/C43H71N5O9/c1-41(2,3)55-36(50)29-45-20-22-46(30-37(51)56-42(4,5)6)24-26-48(27-25-47(23-21-45)31-38(52)57-43(7,8)9)39(34-18-14-11-15-19-34)40(53)44-28-35(49)54-32-33-16-12-10-13-17-33/h10,12-13,16-17,34,39H,11,14-15,18-32H2,1-9H3,(H,44,53). The van der Waals surface area contributed by atoms with Gasteiger partial charge in [0.15, 0.2) is 0 Å². The summed E-state index contributed by atoms with van der Waals surface area (Å²) in [5.74, 6) is -1.80. The van der Waals surface area contributed by atoms with Gasteiger partial charge in [-0.15, -0.1) is 0 Å². The molecular formula is C43H71N5O9. The van der Waals surface area contributed by atoms with Crippen LogP contribution in [0, 0.1) is 5.92 Å². The zero-order valence-corrected chi connectivity index (χ0v) is 36.2. The summed E-state index contributed by atoms with van der Waals surface area (Å²) in [5, 5.41) is 2.90. The molecule has 322 valence electrons. The van der Waals surface area contributed by atoms with Crippen LogP contribution in [0.15, 0.2) is 30.3 Å². The van der Waals surface area contributed by atoms with E-state index in [-0.39, 0.29) is 62.5 Å². The molecule has 14 heteroatoms. The zero-order valence-electron chi connectivity index (χ0n) is 36.2. The molecule has 1 aliphatic heterocycles. The van der Waals surface area contributed by atoms with Crippen molar-refractivity contribution in [3.63, 3.8) is 0 Å². The number of esters is 4. The highest BCUT2D eigenvalue weighted by Gasteiger charge is 2.36. The van der Waals surface area contributed by atoms with Gasteiger partial charge in [-0.3, -0.25) is 43.6 Å². The fourth-order valence-electron chi connectivity index (χ4n) is 7.16. The lowest BCUT2D eigenvalue weighted by Crippen LogP contribution is -2.56. The summed E-state index contributed by atoms with van der Waals surface area (Å²) in [7, 11) is 0. The highest BCUT2D eigenvalue weighted by atomic mass is 16.6. The number of amides is 1. The van der Waals surface area contributed by atoms with Crippen molar-refractivity contribution in [2.24, 2.45) is 5.92 Å². The molecule has 1 aromatic carbocycles. The molecule has 3 rings (SSSR count). The van der Waals surface area contributed by atoms with Gasteiger partial charge >= 0.3 is 23.9 Å². The molecule has 1 atom stereocenters. The molecule has 1 unspecified atom stereocenters. The molecule has 2 aliphatic rings. The van der Waals surface area contributed by atoms with Crippen LogP contribution < -0.4 is 5.32 Å². The van der Waals surface area contributed by atoms with E-state index in [1.807, 2.05) is 107 Å². The van der Waals surface area contributed by atoms with Crippen molar-refractivity contribution in [1.29, 1.82) is 0 Å². The van der Waals surface area contributed by atoms with Crippen molar-refractivity contribution in [2.75, 3.05) is 78.5 Å². The van der Waals surface area contributed by atoms with E-state index >= 15 is 0 Å². The highest BCUT2D eigenvalue weighted by Crippen LogP contribution is 2.29. The van der Waals surface area contributed by atoms with E-state index in [9.17, 15) is 24.0 Å². The van der Waals surface area contributed by atoms with Gasteiger partial charge in [-0.05, 0) is 86.6 Å². The summed E-state index contributed by atoms with van der Waals surface area (Å²) < 4.78 is 22.6. The summed E-state index contributed by atoms with van der Waals surface area (Å²) in [4.78, 5) is 74.7. The van der Waals surface area contributed by atoms with E-state index < -0.39 is 28.8 Å². The maximum Gasteiger partial charge on any atom is 0.325 e. The Morgan fingerprint density at radius 3 is 1.40 bits per heavy atom. The van der Waals surface area contributed by atoms with E-state index in [0.717, 1.165) is 37.7 Å². The van der Waals surface area contributed by atoms with Crippen molar-refractivity contribution in [3.8, 4) is 0 Å². The molecule has 2 fully saturated rings. The van der Waals surface area contributed by atoms with E-state index in [2.05, 4.69) is 10.2 Å². The second-order valence-electron chi connectivity index (χ2n) is 18.3. The van der Waals surface area contributed by atoms with Crippen molar-refractivity contribution in [2.45, 2.75) is 124 Å². The lowest BCUT2D eigenvalue weighted by Gasteiger charge is -2.40. The predicted octanol–water partition coefficient (Wildman–Crippen LogP) is 4.04. The van der Waals surface area contributed by atoms with Crippen LogP contribution in [0.5, 0.6) is 0 Å². The number of nitrogens with zero attached hydrogens (tertiary/aromatic N) is 4. The molecule has 0 spiro atoms. The second kappa shape index (κ2) is 22.5. The van der Waals surface area contributed by atoms with Crippen molar-refractivity contribution in [3.05, 3.63) is 35.9 Å². The normalized spacial score (nSPS) is 18.7. The number of carbonyl (C=O) groups is 5. The lowest BCUT2D eigenvalue weighted by atomic mass is 9.82. The molecule has 0 radical (unpaired) electrons. The minimum absolute atomic E-state index is 0.0315. The molecular weight excluding hydrogens is 730 g/mol. The first-order valence-corrected chi connectivity index (χ1v) is 20.7. The highest BCUT2D eigenvalue weighted by molar-refractivity contribution is 5.86. The van der Waals surface area contributed by atoms with Crippen LogP contribution in [0.3, 0.4) is 0 Å². The quantitative estimate of drug-likeness (QED) is 0.226. The molecule has 1 saturated carbocycles. The molecule has 14 nitrogen and oxygen atoms in total. The van der Waals surface area contributed by atoms with E-state index in [0.29, 0.717) is 52.4 Å². The molecule has 1 saturated heterocycles. The van der Waals surface area contributed by atoms with Crippen LogP contribution in [0.1, 0.15) is 100.0 Å². The zero-order chi connectivity index (χ0) is 42.2. The molecule has 1 aliphatic carbocycles. The third-order valence-electron chi connectivity index (χ3n) is 9.60. The molecule has 1 aromatic rings. The topological polar surface area (TPSA) is 147 Å². The van der Waals surface area contributed by atoms with Crippen LogP contribution in [-0.4, -0.2) is 151 Å². The first kappa shape index (κ1) is 47.8. The summed E-state index contributed by atoms with van der Waals surface area (Å²) in [5.41, 5.74) is -1.12. The monoisotopic (exact) mass is 802 g/mol. The Morgan fingerprint density at radius 2 is 1.00 bits per heavy atom. The number of rotatable bonds is 13. The third kappa shape index (κ3) is 20.1. The third-order valence-corrected chi connectivity index (χ3v) is 9.60. The Hall–Kier alpha value is -3.59. The summed E-state index contributed by atoms with van der Waals surface area (Å²) >= 11 is 0. The van der Waals surface area contributed by atoms with Gasteiger partial charge in [0.1, 0.15) is 30.0 Å². The largest absolute Gasteiger partial charge is 0.460 e. The number of ether oxygens (including phenoxy) is 4. The molecule has 1 N–H and O–H groups in total. The van der Waals surface area contributed by atoms with Crippen molar-refractivity contribution < 1.29 is 42.9 Å². The van der Waals surface area contributed by atoms with Crippen LogP contribution in [0.2, 0.25) is 0 Å². The minimum Gasteiger partial charge on any atom is -0.460 e. The van der Waals surface area contributed by atoms with Gasteiger partial charge in [0, 0.05) is 52.4 Å². The van der Waals surface area contributed by atoms with Crippen molar-refractivity contribution in [1.82, 2.24) is 24.9 Å². The number of carbonyl (C=O) groups excluding carboxylic acids is 5. The fourth-order valence-corrected chi connectivity index (χ4v) is 7.16. The van der Waals surface area contributed by atoms with Gasteiger partial charge in [0.05, 0.1) is 25.7 Å². The smallest absolute Gasteiger partial charge is 0.325 e. The average molecular weight is 802 g/mol. The number of nitrogens with one attached hydrogen (secondary N) is 1. The first-order valence-electron chi connectivity index (χ1n) is 20.7. The Kier molecular flexibility index (Phi) is 18.9. The predicted molar refractivity (Wildman–Crippen MR) is 218 cm³/mol. The summed E-state index contributed by atoms with van der Waals surface area (Å²) in [6.07, 6.45) is 4.85. The second-order valence-corrected chi connectivity index (χ2v) is 18.3. The van der Waals surface area contributed by atoms with Crippen LogP contribution in [0.4, 0.5) is 0 Å². The van der Waals surface area contributed by atoms with Crippen LogP contribution in [0.25, 0.3) is 0 Å². The maximum atomic E-state index is 14.3. The Morgan fingerprint density at radius 1 is 0.596 bits per heavy atom. The first-order chi connectivity index (χ1) is 26.7. The Bertz CT molecular complexity index is 1380. The molecule has 1 amide bonds. The minimum atomic E-state index is -0.664. The van der Waals surface area contributed by atoms with E-state index in [4.69, 9.17) is 18.9 Å². The Labute approximate surface area is 341 Å². The van der Waals surface area contributed by atoms with E-state index in [1.54, 1.807) is 0 Å². The Balaban J connectivity index is 1.91. The van der Waals surface area contributed by atoms with Gasteiger partial charge in [0.25, 0.3) is 0 Å². The number of hydrogen-bond donors (Lipinski definition) is 1. The molecule has 0 aromatic heterocycles. The summed E-state index contributed by atoms with van der Waals surface area (Å²) in [6, 6.07) is 8.84. The van der Waals surface area contributed by atoms with Gasteiger partial charge in [-0.1, -0.05) is 49.6 Å². The maximum absolute atomic E-state index is 14.3. The average Bonchev–Trinajstić information content (AvgIpc) is 3.09. The SMILES string of the molecule is CC(C)(C)OC(=O)CN1CCN(CC(=O)OC(C)(C)C)CCN(C(C(=O)NCC(=O)OCc2ccccc2)C2CCCCC2)CCN(CC(=O)OC(C)(C)C)CC1. The van der Waals surface area contributed by atoms with Crippen molar-refractivity contribution >= 4 is 29.8 Å². The number of hydrogen-bond acceptors (Lipinski definition) is 13. The lowest BCUT2D eigenvalue weighted by molar-refractivity contribution is -0.158. The molecule has 1 heterocycles. The fraction of sp³-hybridized carbons (Fsp3) is 0.744. The van der Waals surface area contributed by atoms with Crippen LogP contribution in [-0.2, 0) is 49.5 Å². The van der Waals surface area contributed by atoms with Gasteiger partial charge < -0.3 is 24.3 Å². The number of benzene rings is 1. The van der Waals surface area contributed by atoms with Crippen LogP contribution >= 0.6 is 0 Å². The summed E-state index contributed by atoms with van der Waals surface area (Å²) in [6.45, 7) is 19.9. The van der Waals surface area contributed by atoms with E-state index in [1.165, 1.54) is 0 Å².